The Labute approximate surface area is 200 Å². The van der Waals surface area contributed by atoms with Crippen LogP contribution in [-0.4, -0.2) is 29.4 Å². The van der Waals surface area contributed by atoms with Crippen LogP contribution in [0.2, 0.25) is 0 Å². The van der Waals surface area contributed by atoms with Crippen LogP contribution in [0.15, 0.2) is 71.9 Å². The zero-order valence-corrected chi connectivity index (χ0v) is 19.5. The standard InChI is InChI=1S/C19H17N3OS.C6H4F2S/c1-22-7-6-12-2-3-13(9-16(12)19(22)23)17-4-5-18(24-17)14-8-15(20)11-21-10-14;7-4-1-2-6(9)5(8)3-4/h2-5,8-11H,6-7,20H2,1H3;1-3,9H. The minimum absolute atomic E-state index is 0.106. The predicted octanol–water partition coefficient (Wildman–Crippen LogP) is 5.94. The number of anilines is 1. The van der Waals surface area contributed by atoms with Crippen LogP contribution in [0.3, 0.4) is 0 Å². The molecule has 2 aromatic carbocycles. The van der Waals surface area contributed by atoms with Gasteiger partial charge in [-0.25, -0.2) is 8.78 Å². The maximum atomic E-state index is 12.4. The molecule has 0 saturated heterocycles. The monoisotopic (exact) mass is 481 g/mol. The number of thiophene rings is 1. The van der Waals surface area contributed by atoms with Crippen molar-refractivity contribution in [3.63, 3.8) is 0 Å². The molecule has 0 bridgehead atoms. The second-order valence-electron chi connectivity index (χ2n) is 7.62. The third-order valence-electron chi connectivity index (χ3n) is 5.25. The fourth-order valence-corrected chi connectivity index (χ4v) is 4.59. The van der Waals surface area contributed by atoms with Crippen LogP contribution in [0.5, 0.6) is 0 Å². The van der Waals surface area contributed by atoms with Crippen molar-refractivity contribution in [3.8, 4) is 20.9 Å². The van der Waals surface area contributed by atoms with E-state index in [1.807, 2.05) is 25.4 Å². The number of halogens is 2. The third kappa shape index (κ3) is 5.23. The first kappa shape index (κ1) is 22.9. The highest BCUT2D eigenvalue weighted by Gasteiger charge is 2.22. The van der Waals surface area contributed by atoms with E-state index in [0.717, 1.165) is 57.1 Å². The Morgan fingerprint density at radius 3 is 2.45 bits per heavy atom. The molecule has 8 heteroatoms. The lowest BCUT2D eigenvalue weighted by molar-refractivity contribution is 0.0781. The van der Waals surface area contributed by atoms with Crippen LogP contribution in [-0.2, 0) is 6.42 Å². The molecule has 0 atom stereocenters. The zero-order chi connectivity index (χ0) is 23.5. The third-order valence-corrected chi connectivity index (χ3v) is 6.79. The van der Waals surface area contributed by atoms with Gasteiger partial charge in [0.1, 0.15) is 11.6 Å². The number of hydrogen-bond acceptors (Lipinski definition) is 5. The van der Waals surface area contributed by atoms with E-state index in [-0.39, 0.29) is 10.8 Å². The number of carbonyl (C=O) groups excluding carboxylic acids is 1. The van der Waals surface area contributed by atoms with Gasteiger partial charge in [0, 0.05) is 57.8 Å². The second kappa shape index (κ2) is 9.72. The van der Waals surface area contributed by atoms with Crippen LogP contribution in [0.25, 0.3) is 20.9 Å². The smallest absolute Gasteiger partial charge is 0.253 e. The second-order valence-corrected chi connectivity index (χ2v) is 9.18. The molecule has 5 rings (SSSR count). The van der Waals surface area contributed by atoms with Crippen molar-refractivity contribution in [1.82, 2.24) is 9.88 Å². The molecule has 0 spiro atoms. The first-order chi connectivity index (χ1) is 15.8. The number of carbonyl (C=O) groups is 1. The Balaban J connectivity index is 0.000000243. The fourth-order valence-electron chi connectivity index (χ4n) is 3.46. The highest BCUT2D eigenvalue weighted by atomic mass is 32.1. The number of pyridine rings is 1. The minimum atomic E-state index is -0.627. The van der Waals surface area contributed by atoms with Gasteiger partial charge in [0.15, 0.2) is 0 Å². The molecule has 2 aromatic heterocycles. The molecule has 33 heavy (non-hydrogen) atoms. The van der Waals surface area contributed by atoms with Crippen molar-refractivity contribution in [2.45, 2.75) is 11.3 Å². The zero-order valence-electron chi connectivity index (χ0n) is 17.8. The van der Waals surface area contributed by atoms with Crippen LogP contribution < -0.4 is 5.73 Å². The predicted molar refractivity (Wildman–Crippen MR) is 132 cm³/mol. The first-order valence-corrected chi connectivity index (χ1v) is 11.4. The summed E-state index contributed by atoms with van der Waals surface area (Å²) in [5.74, 6) is -1.10. The van der Waals surface area contributed by atoms with Gasteiger partial charge in [-0.1, -0.05) is 12.1 Å². The summed E-state index contributed by atoms with van der Waals surface area (Å²) in [6.07, 6.45) is 4.38. The Bertz CT molecular complexity index is 1320. The number of likely N-dealkylation sites (N-methyl/N-ethyl adjacent to an activating group) is 1. The van der Waals surface area contributed by atoms with Crippen molar-refractivity contribution in [2.24, 2.45) is 0 Å². The maximum Gasteiger partial charge on any atom is 0.253 e. The van der Waals surface area contributed by atoms with Crippen LogP contribution in [0, 0.1) is 11.6 Å². The highest BCUT2D eigenvalue weighted by molar-refractivity contribution is 7.80. The molecule has 0 unspecified atom stereocenters. The molecule has 0 saturated carbocycles. The van der Waals surface area contributed by atoms with Crippen molar-refractivity contribution in [1.29, 1.82) is 0 Å². The summed E-state index contributed by atoms with van der Waals surface area (Å²) >= 11 is 5.38. The van der Waals surface area contributed by atoms with Crippen molar-refractivity contribution in [3.05, 3.63) is 89.8 Å². The van der Waals surface area contributed by atoms with Crippen molar-refractivity contribution >= 4 is 35.6 Å². The Kier molecular flexibility index (Phi) is 6.76. The number of benzene rings is 2. The molecule has 4 aromatic rings. The lowest BCUT2D eigenvalue weighted by Crippen LogP contribution is -2.34. The average molecular weight is 482 g/mol. The quantitative estimate of drug-likeness (QED) is 0.348. The topological polar surface area (TPSA) is 59.2 Å². The minimum Gasteiger partial charge on any atom is -0.397 e. The number of nitrogens with two attached hydrogens (primary N) is 1. The van der Waals surface area contributed by atoms with Crippen molar-refractivity contribution in [2.75, 3.05) is 19.3 Å². The number of rotatable bonds is 2. The number of hydrogen-bond donors (Lipinski definition) is 2. The molecule has 0 radical (unpaired) electrons. The number of fused-ring (bicyclic) bond motifs is 1. The lowest BCUT2D eigenvalue weighted by Gasteiger charge is -2.25. The summed E-state index contributed by atoms with van der Waals surface area (Å²) in [5.41, 5.74) is 10.5. The molecule has 1 amide bonds. The molecule has 4 nitrogen and oxygen atoms in total. The van der Waals surface area contributed by atoms with Crippen LogP contribution in [0.4, 0.5) is 14.5 Å². The lowest BCUT2D eigenvalue weighted by atomic mass is 9.96. The molecule has 1 aliphatic rings. The number of amides is 1. The van der Waals surface area contributed by atoms with E-state index in [4.69, 9.17) is 5.73 Å². The molecule has 168 valence electrons. The SMILES string of the molecule is CN1CCc2ccc(-c3ccc(-c4cncc(N)c4)s3)cc2C1=O.Fc1ccc(S)c(F)c1. The van der Waals surface area contributed by atoms with E-state index in [1.165, 1.54) is 6.07 Å². The largest absolute Gasteiger partial charge is 0.397 e. The molecular weight excluding hydrogens is 460 g/mol. The van der Waals surface area contributed by atoms with Gasteiger partial charge in [0.25, 0.3) is 5.91 Å². The summed E-state index contributed by atoms with van der Waals surface area (Å²) in [5, 5.41) is 0. The van der Waals surface area contributed by atoms with E-state index in [9.17, 15) is 13.6 Å². The van der Waals surface area contributed by atoms with Crippen molar-refractivity contribution < 1.29 is 13.6 Å². The Hall–Kier alpha value is -3.23. The molecular formula is C25H21F2N3OS2. The molecule has 0 aliphatic carbocycles. The van der Waals surface area contributed by atoms with Gasteiger partial charge >= 0.3 is 0 Å². The van der Waals surface area contributed by atoms with Gasteiger partial charge in [-0.2, -0.15) is 0 Å². The van der Waals surface area contributed by atoms with Gasteiger partial charge in [-0.15, -0.1) is 24.0 Å². The first-order valence-electron chi connectivity index (χ1n) is 10.2. The van der Waals surface area contributed by atoms with Gasteiger partial charge in [-0.3, -0.25) is 9.78 Å². The molecule has 3 heterocycles. The van der Waals surface area contributed by atoms with Gasteiger partial charge < -0.3 is 10.6 Å². The molecule has 0 fully saturated rings. The molecule has 1 aliphatic heterocycles. The van der Waals surface area contributed by atoms with E-state index >= 15 is 0 Å². The van der Waals surface area contributed by atoms with E-state index < -0.39 is 11.6 Å². The highest BCUT2D eigenvalue weighted by Crippen LogP contribution is 2.36. The van der Waals surface area contributed by atoms with Gasteiger partial charge in [0.05, 0.1) is 5.69 Å². The Morgan fingerprint density at radius 1 is 1.00 bits per heavy atom. The number of aromatic nitrogens is 1. The number of nitrogen functional groups attached to an aromatic ring is 1. The Morgan fingerprint density at radius 2 is 1.76 bits per heavy atom. The van der Waals surface area contributed by atoms with Crippen LogP contribution >= 0.6 is 24.0 Å². The van der Waals surface area contributed by atoms with Gasteiger partial charge in [0.2, 0.25) is 0 Å². The molecule has 2 N–H and O–H groups in total. The maximum absolute atomic E-state index is 12.4. The van der Waals surface area contributed by atoms with Gasteiger partial charge in [-0.05, 0) is 53.9 Å². The fraction of sp³-hybridized carbons (Fsp3) is 0.120. The summed E-state index contributed by atoms with van der Waals surface area (Å²) < 4.78 is 24.3. The summed E-state index contributed by atoms with van der Waals surface area (Å²) in [6.45, 7) is 0.788. The van der Waals surface area contributed by atoms with E-state index in [0.29, 0.717) is 5.69 Å². The number of nitrogens with zero attached hydrogens (tertiary/aromatic N) is 2. The van der Waals surface area contributed by atoms with Crippen LogP contribution in [0.1, 0.15) is 15.9 Å². The normalized spacial score (nSPS) is 12.7. The number of thiol groups is 1. The summed E-state index contributed by atoms with van der Waals surface area (Å²) in [7, 11) is 1.86. The summed E-state index contributed by atoms with van der Waals surface area (Å²) in [6, 6.07) is 15.5. The van der Waals surface area contributed by atoms with E-state index in [1.54, 1.807) is 22.4 Å². The van der Waals surface area contributed by atoms with E-state index in [2.05, 4.69) is 41.9 Å². The average Bonchev–Trinajstić information content (AvgIpc) is 3.30. The summed E-state index contributed by atoms with van der Waals surface area (Å²) in [4.78, 5) is 20.7.